The fourth-order valence-electron chi connectivity index (χ4n) is 0.985. The van der Waals surface area contributed by atoms with Crippen molar-refractivity contribution in [1.82, 2.24) is 0 Å². The molecule has 4 nitrogen and oxygen atoms in total. The van der Waals surface area contributed by atoms with Gasteiger partial charge in [0.05, 0.1) is 12.4 Å². The van der Waals surface area contributed by atoms with Gasteiger partial charge in [0.2, 0.25) is 0 Å². The highest BCUT2D eigenvalue weighted by Crippen LogP contribution is 2.22. The number of hydrogen-bond donors (Lipinski definition) is 0. The number of esters is 1. The van der Waals surface area contributed by atoms with Crippen LogP contribution in [-0.4, -0.2) is 18.5 Å². The van der Waals surface area contributed by atoms with E-state index in [0.29, 0.717) is 12.4 Å². The number of ether oxygens (including phenoxy) is 3. The molecule has 0 saturated heterocycles. The van der Waals surface area contributed by atoms with Crippen molar-refractivity contribution >= 4 is 5.97 Å². The van der Waals surface area contributed by atoms with Gasteiger partial charge in [-0.05, 0) is 13.0 Å². The summed E-state index contributed by atoms with van der Waals surface area (Å²) in [5, 5.41) is 0. The second-order valence-corrected chi connectivity index (χ2v) is 2.68. The van der Waals surface area contributed by atoms with Crippen LogP contribution in [0.25, 0.3) is 0 Å². The minimum Gasteiger partial charge on any atom is -0.435 e. The summed E-state index contributed by atoms with van der Waals surface area (Å²) in [4.78, 5) is 10.6. The van der Waals surface area contributed by atoms with Crippen molar-refractivity contribution in [2.75, 3.05) is 6.61 Å². The SMILES string of the molecule is CC(=O)OC1(C)OCC=C(C)O1. The first-order chi connectivity index (χ1) is 5.52. The van der Waals surface area contributed by atoms with E-state index in [1.54, 1.807) is 19.9 Å². The lowest BCUT2D eigenvalue weighted by molar-refractivity contribution is -0.341. The molecular weight excluding hydrogens is 160 g/mol. The molecule has 0 spiro atoms. The maximum absolute atomic E-state index is 10.6. The van der Waals surface area contributed by atoms with E-state index >= 15 is 0 Å². The number of allylic oxidation sites excluding steroid dienone is 1. The molecule has 0 N–H and O–H groups in total. The van der Waals surface area contributed by atoms with Gasteiger partial charge in [0, 0.05) is 13.8 Å². The Morgan fingerprint density at radius 2 is 2.42 bits per heavy atom. The van der Waals surface area contributed by atoms with E-state index < -0.39 is 11.9 Å². The normalized spacial score (nSPS) is 28.8. The van der Waals surface area contributed by atoms with Crippen LogP contribution in [0.5, 0.6) is 0 Å². The number of hydrogen-bond acceptors (Lipinski definition) is 4. The summed E-state index contributed by atoms with van der Waals surface area (Å²) in [6, 6.07) is 0. The monoisotopic (exact) mass is 172 g/mol. The van der Waals surface area contributed by atoms with E-state index in [0.717, 1.165) is 0 Å². The Balaban J connectivity index is 2.61. The average molecular weight is 172 g/mol. The molecule has 0 radical (unpaired) electrons. The summed E-state index contributed by atoms with van der Waals surface area (Å²) < 4.78 is 15.1. The van der Waals surface area contributed by atoms with Crippen LogP contribution in [0.1, 0.15) is 20.8 Å². The van der Waals surface area contributed by atoms with Crippen molar-refractivity contribution < 1.29 is 19.0 Å². The van der Waals surface area contributed by atoms with Crippen LogP contribution in [0, 0.1) is 0 Å². The van der Waals surface area contributed by atoms with Crippen molar-refractivity contribution in [3.63, 3.8) is 0 Å². The minimum atomic E-state index is -1.25. The van der Waals surface area contributed by atoms with Gasteiger partial charge in [-0.1, -0.05) is 0 Å². The standard InChI is InChI=1S/C8H12O4/c1-6-4-5-10-8(3,11-6)12-7(2)9/h4H,5H2,1-3H3. The highest BCUT2D eigenvalue weighted by molar-refractivity contribution is 5.66. The molecule has 1 heterocycles. The molecule has 4 heteroatoms. The van der Waals surface area contributed by atoms with Crippen molar-refractivity contribution in [1.29, 1.82) is 0 Å². The van der Waals surface area contributed by atoms with E-state index in [9.17, 15) is 4.79 Å². The predicted octanol–water partition coefficient (Wildman–Crippen LogP) is 1.17. The van der Waals surface area contributed by atoms with Gasteiger partial charge in [0.15, 0.2) is 0 Å². The molecule has 0 saturated carbocycles. The zero-order valence-corrected chi connectivity index (χ0v) is 7.42. The summed E-state index contributed by atoms with van der Waals surface area (Å²) in [5.74, 6) is -0.970. The lowest BCUT2D eigenvalue weighted by Gasteiger charge is -2.31. The molecule has 1 aliphatic rings. The Morgan fingerprint density at radius 1 is 1.75 bits per heavy atom. The Labute approximate surface area is 71.1 Å². The maximum Gasteiger partial charge on any atom is 0.370 e. The molecule has 0 fully saturated rings. The van der Waals surface area contributed by atoms with Crippen LogP contribution < -0.4 is 0 Å². The molecule has 0 bridgehead atoms. The van der Waals surface area contributed by atoms with E-state index in [4.69, 9.17) is 14.2 Å². The Morgan fingerprint density at radius 3 is 2.92 bits per heavy atom. The van der Waals surface area contributed by atoms with Gasteiger partial charge in [0.25, 0.3) is 0 Å². The van der Waals surface area contributed by atoms with Gasteiger partial charge in [-0.25, -0.2) is 0 Å². The fraction of sp³-hybridized carbons (Fsp3) is 0.625. The second kappa shape index (κ2) is 3.15. The zero-order chi connectivity index (χ0) is 9.19. The molecule has 0 amide bonds. The van der Waals surface area contributed by atoms with Crippen molar-refractivity contribution in [2.45, 2.75) is 26.7 Å². The molecule has 0 aromatic heterocycles. The van der Waals surface area contributed by atoms with E-state index in [-0.39, 0.29) is 0 Å². The smallest absolute Gasteiger partial charge is 0.370 e. The summed E-state index contributed by atoms with van der Waals surface area (Å²) in [5.41, 5.74) is 0. The number of rotatable bonds is 1. The third-order valence-corrected chi connectivity index (χ3v) is 1.39. The van der Waals surface area contributed by atoms with Crippen LogP contribution in [0.4, 0.5) is 0 Å². The van der Waals surface area contributed by atoms with Crippen molar-refractivity contribution in [2.24, 2.45) is 0 Å². The summed E-state index contributed by atoms with van der Waals surface area (Å²) in [6.45, 7) is 5.05. The largest absolute Gasteiger partial charge is 0.435 e. The van der Waals surface area contributed by atoms with E-state index in [1.807, 2.05) is 0 Å². The quantitative estimate of drug-likeness (QED) is 0.557. The fourth-order valence-corrected chi connectivity index (χ4v) is 0.985. The second-order valence-electron chi connectivity index (χ2n) is 2.68. The van der Waals surface area contributed by atoms with E-state index in [2.05, 4.69) is 0 Å². The molecule has 1 unspecified atom stereocenters. The van der Waals surface area contributed by atoms with Crippen LogP contribution >= 0.6 is 0 Å². The molecule has 1 rings (SSSR count). The van der Waals surface area contributed by atoms with Gasteiger partial charge < -0.3 is 14.2 Å². The topological polar surface area (TPSA) is 44.8 Å². The molecule has 1 aliphatic heterocycles. The first-order valence-corrected chi connectivity index (χ1v) is 3.71. The lowest BCUT2D eigenvalue weighted by atomic mass is 10.4. The number of carbonyl (C=O) groups is 1. The molecule has 0 aromatic rings. The summed E-state index contributed by atoms with van der Waals surface area (Å²) in [7, 11) is 0. The number of carbonyl (C=O) groups excluding carboxylic acids is 1. The highest BCUT2D eigenvalue weighted by Gasteiger charge is 2.33. The predicted molar refractivity (Wildman–Crippen MR) is 41.0 cm³/mol. The van der Waals surface area contributed by atoms with E-state index in [1.165, 1.54) is 6.92 Å². The van der Waals surface area contributed by atoms with Crippen LogP contribution in [0.2, 0.25) is 0 Å². The van der Waals surface area contributed by atoms with Gasteiger partial charge in [-0.15, -0.1) is 0 Å². The third kappa shape index (κ3) is 2.23. The van der Waals surface area contributed by atoms with Crippen LogP contribution in [-0.2, 0) is 19.0 Å². The highest BCUT2D eigenvalue weighted by atomic mass is 16.9. The Kier molecular flexibility index (Phi) is 2.38. The Hall–Kier alpha value is -1.03. The molecular formula is C8H12O4. The minimum absolute atomic E-state index is 0.398. The maximum atomic E-state index is 10.6. The molecule has 0 aromatic carbocycles. The molecule has 12 heavy (non-hydrogen) atoms. The third-order valence-electron chi connectivity index (χ3n) is 1.39. The van der Waals surface area contributed by atoms with Gasteiger partial charge in [0.1, 0.15) is 0 Å². The summed E-state index contributed by atoms with van der Waals surface area (Å²) in [6.07, 6.45) is 1.77. The van der Waals surface area contributed by atoms with Crippen molar-refractivity contribution in [3.8, 4) is 0 Å². The Bertz CT molecular complexity index is 221. The lowest BCUT2D eigenvalue weighted by Crippen LogP contribution is -2.39. The molecule has 0 aliphatic carbocycles. The van der Waals surface area contributed by atoms with Gasteiger partial charge in [-0.3, -0.25) is 4.79 Å². The average Bonchev–Trinajstić information content (AvgIpc) is 1.82. The molecule has 1 atom stereocenters. The van der Waals surface area contributed by atoms with Crippen LogP contribution in [0.3, 0.4) is 0 Å². The van der Waals surface area contributed by atoms with Crippen molar-refractivity contribution in [3.05, 3.63) is 11.8 Å². The van der Waals surface area contributed by atoms with Gasteiger partial charge >= 0.3 is 11.9 Å². The first kappa shape index (κ1) is 9.06. The first-order valence-electron chi connectivity index (χ1n) is 3.71. The zero-order valence-electron chi connectivity index (χ0n) is 7.42. The summed E-state index contributed by atoms with van der Waals surface area (Å²) >= 11 is 0. The molecule has 68 valence electrons. The van der Waals surface area contributed by atoms with Crippen LogP contribution in [0.15, 0.2) is 11.8 Å². The van der Waals surface area contributed by atoms with Gasteiger partial charge in [-0.2, -0.15) is 0 Å².